The fourth-order valence-electron chi connectivity index (χ4n) is 2.44. The lowest BCUT2D eigenvalue weighted by Gasteiger charge is -2.09. The van der Waals surface area contributed by atoms with E-state index < -0.39 is 11.5 Å². The zero-order valence-corrected chi connectivity index (χ0v) is 14.5. The fraction of sp³-hybridized carbons (Fsp3) is 0.105. The van der Waals surface area contributed by atoms with E-state index in [1.807, 2.05) is 6.92 Å². The Hall–Kier alpha value is -3.81. The van der Waals surface area contributed by atoms with E-state index in [0.29, 0.717) is 29.4 Å². The largest absolute Gasteiger partial charge is 0.463 e. The maximum absolute atomic E-state index is 12.4. The summed E-state index contributed by atoms with van der Waals surface area (Å²) in [7, 11) is 0. The number of benzene rings is 1. The second kappa shape index (κ2) is 8.05. The van der Waals surface area contributed by atoms with E-state index in [2.05, 4.69) is 20.9 Å². The molecule has 8 heteroatoms. The summed E-state index contributed by atoms with van der Waals surface area (Å²) in [5.74, 6) is -0.0550. The number of nitrogens with one attached hydrogen (secondary N) is 4. The van der Waals surface area contributed by atoms with Gasteiger partial charge < -0.3 is 25.4 Å². The van der Waals surface area contributed by atoms with Crippen LogP contribution in [-0.4, -0.2) is 23.5 Å². The Bertz CT molecular complexity index is 1010. The number of rotatable bonds is 5. The summed E-state index contributed by atoms with van der Waals surface area (Å²) in [5, 5.41) is 7.91. The molecule has 0 aliphatic carbocycles. The minimum Gasteiger partial charge on any atom is -0.463 e. The molecule has 0 radical (unpaired) electrons. The van der Waals surface area contributed by atoms with Gasteiger partial charge in [-0.25, -0.2) is 4.79 Å². The van der Waals surface area contributed by atoms with Crippen LogP contribution in [0.2, 0.25) is 0 Å². The molecule has 3 rings (SSSR count). The van der Waals surface area contributed by atoms with Crippen LogP contribution in [0.5, 0.6) is 0 Å². The number of pyridine rings is 1. The van der Waals surface area contributed by atoms with Crippen LogP contribution < -0.4 is 21.5 Å². The SMILES string of the molecule is CCNC(=O)Nc1cccc(NC(=O)c2ccc(-c3ccco3)[nH]c2=O)c1. The molecule has 0 saturated heterocycles. The highest BCUT2D eigenvalue weighted by Gasteiger charge is 2.13. The number of anilines is 2. The first kappa shape index (κ1) is 18.0. The van der Waals surface area contributed by atoms with Crippen molar-refractivity contribution in [1.29, 1.82) is 0 Å². The van der Waals surface area contributed by atoms with E-state index in [9.17, 15) is 14.4 Å². The third-order valence-corrected chi connectivity index (χ3v) is 3.66. The molecule has 138 valence electrons. The maximum atomic E-state index is 12.4. The van der Waals surface area contributed by atoms with Crippen LogP contribution in [0.1, 0.15) is 17.3 Å². The van der Waals surface area contributed by atoms with Gasteiger partial charge >= 0.3 is 6.03 Å². The molecule has 3 aromatic rings. The number of furan rings is 1. The Morgan fingerprint density at radius 3 is 2.48 bits per heavy atom. The first-order valence-corrected chi connectivity index (χ1v) is 8.30. The predicted octanol–water partition coefficient (Wildman–Crippen LogP) is 3.03. The van der Waals surface area contributed by atoms with Gasteiger partial charge in [0.25, 0.3) is 11.5 Å². The topological polar surface area (TPSA) is 116 Å². The molecule has 0 unspecified atom stereocenters. The minimum absolute atomic E-state index is 0.0348. The lowest BCUT2D eigenvalue weighted by molar-refractivity contribution is 0.102. The van der Waals surface area contributed by atoms with E-state index >= 15 is 0 Å². The maximum Gasteiger partial charge on any atom is 0.319 e. The van der Waals surface area contributed by atoms with Gasteiger partial charge in [-0.2, -0.15) is 0 Å². The fourth-order valence-corrected chi connectivity index (χ4v) is 2.44. The van der Waals surface area contributed by atoms with Crippen molar-refractivity contribution < 1.29 is 14.0 Å². The van der Waals surface area contributed by atoms with Crippen LogP contribution in [0.3, 0.4) is 0 Å². The van der Waals surface area contributed by atoms with E-state index in [1.54, 1.807) is 42.5 Å². The average molecular weight is 366 g/mol. The summed E-state index contributed by atoms with van der Waals surface area (Å²) in [6.45, 7) is 2.31. The molecule has 0 aliphatic rings. The van der Waals surface area contributed by atoms with Gasteiger partial charge in [-0.1, -0.05) is 6.07 Å². The minimum atomic E-state index is -0.558. The summed E-state index contributed by atoms with van der Waals surface area (Å²) in [5.41, 5.74) is 0.879. The molecule has 0 atom stereocenters. The third-order valence-electron chi connectivity index (χ3n) is 3.66. The molecule has 3 amide bonds. The smallest absolute Gasteiger partial charge is 0.319 e. The molecular weight excluding hydrogens is 348 g/mol. The second-order valence-corrected chi connectivity index (χ2v) is 5.61. The molecule has 4 N–H and O–H groups in total. The second-order valence-electron chi connectivity index (χ2n) is 5.61. The predicted molar refractivity (Wildman–Crippen MR) is 102 cm³/mol. The zero-order valence-electron chi connectivity index (χ0n) is 14.5. The molecule has 0 bridgehead atoms. The Labute approximate surface area is 154 Å². The van der Waals surface area contributed by atoms with Crippen molar-refractivity contribution in [2.24, 2.45) is 0 Å². The Morgan fingerprint density at radius 1 is 1.04 bits per heavy atom. The summed E-state index contributed by atoms with van der Waals surface area (Å²) in [6, 6.07) is 12.7. The van der Waals surface area contributed by atoms with Gasteiger partial charge in [0.15, 0.2) is 0 Å². The number of carbonyl (C=O) groups excluding carboxylic acids is 2. The van der Waals surface area contributed by atoms with Crippen molar-refractivity contribution in [2.45, 2.75) is 6.92 Å². The van der Waals surface area contributed by atoms with Gasteiger partial charge in [0, 0.05) is 17.9 Å². The quantitative estimate of drug-likeness (QED) is 0.555. The lowest BCUT2D eigenvalue weighted by Crippen LogP contribution is -2.28. The molecule has 8 nitrogen and oxygen atoms in total. The molecule has 0 aliphatic heterocycles. The number of carbonyl (C=O) groups is 2. The Morgan fingerprint density at radius 2 is 1.81 bits per heavy atom. The van der Waals surface area contributed by atoms with Crippen molar-refractivity contribution >= 4 is 23.3 Å². The number of aromatic amines is 1. The van der Waals surface area contributed by atoms with Gasteiger partial charge in [-0.05, 0) is 49.4 Å². The van der Waals surface area contributed by atoms with Crippen LogP contribution >= 0.6 is 0 Å². The first-order chi connectivity index (χ1) is 13.1. The van der Waals surface area contributed by atoms with E-state index in [-0.39, 0.29) is 11.6 Å². The van der Waals surface area contributed by atoms with Crippen LogP contribution in [0, 0.1) is 0 Å². The zero-order chi connectivity index (χ0) is 19.2. The molecule has 0 spiro atoms. The number of hydrogen-bond donors (Lipinski definition) is 4. The van der Waals surface area contributed by atoms with Gasteiger partial charge in [0.05, 0.1) is 12.0 Å². The highest BCUT2D eigenvalue weighted by Crippen LogP contribution is 2.17. The normalized spacial score (nSPS) is 10.3. The van der Waals surface area contributed by atoms with Crippen molar-refractivity contribution in [3.63, 3.8) is 0 Å². The Balaban J connectivity index is 1.74. The summed E-state index contributed by atoms with van der Waals surface area (Å²) in [4.78, 5) is 38.8. The average Bonchev–Trinajstić information content (AvgIpc) is 3.16. The standard InChI is InChI=1S/C19H18N4O4/c1-2-20-19(26)22-13-6-3-5-12(11-13)21-17(24)14-8-9-15(23-18(14)25)16-7-4-10-27-16/h3-11H,2H2,1H3,(H,21,24)(H,23,25)(H2,20,22,26). The van der Waals surface area contributed by atoms with E-state index in [0.717, 1.165) is 0 Å². The van der Waals surface area contributed by atoms with Gasteiger partial charge in [-0.3, -0.25) is 9.59 Å². The number of hydrogen-bond acceptors (Lipinski definition) is 4. The molecule has 0 saturated carbocycles. The summed E-state index contributed by atoms with van der Waals surface area (Å²) in [6.07, 6.45) is 1.50. The number of aromatic nitrogens is 1. The molecule has 27 heavy (non-hydrogen) atoms. The summed E-state index contributed by atoms with van der Waals surface area (Å²) < 4.78 is 5.22. The van der Waals surface area contributed by atoms with Gasteiger partial charge in [-0.15, -0.1) is 0 Å². The lowest BCUT2D eigenvalue weighted by atomic mass is 10.2. The van der Waals surface area contributed by atoms with Gasteiger partial charge in [0.1, 0.15) is 11.3 Å². The molecule has 0 fully saturated rings. The number of amides is 3. The molecule has 2 heterocycles. The van der Waals surface area contributed by atoms with E-state index in [1.165, 1.54) is 12.3 Å². The van der Waals surface area contributed by atoms with E-state index in [4.69, 9.17) is 4.42 Å². The van der Waals surface area contributed by atoms with Crippen LogP contribution in [-0.2, 0) is 0 Å². The first-order valence-electron chi connectivity index (χ1n) is 8.30. The van der Waals surface area contributed by atoms with Crippen molar-refractivity contribution in [1.82, 2.24) is 10.3 Å². The number of urea groups is 1. The Kier molecular flexibility index (Phi) is 5.36. The van der Waals surface area contributed by atoms with Crippen molar-refractivity contribution in [3.8, 4) is 11.5 Å². The highest BCUT2D eigenvalue weighted by molar-refractivity contribution is 6.04. The van der Waals surface area contributed by atoms with Crippen molar-refractivity contribution in [2.75, 3.05) is 17.2 Å². The van der Waals surface area contributed by atoms with Gasteiger partial charge in [0.2, 0.25) is 0 Å². The molecule has 2 aromatic heterocycles. The van der Waals surface area contributed by atoms with Crippen LogP contribution in [0.4, 0.5) is 16.2 Å². The van der Waals surface area contributed by atoms with Crippen molar-refractivity contribution in [3.05, 3.63) is 70.7 Å². The molecular formula is C19H18N4O4. The number of H-pyrrole nitrogens is 1. The van der Waals surface area contributed by atoms with Crippen LogP contribution in [0.25, 0.3) is 11.5 Å². The highest BCUT2D eigenvalue weighted by atomic mass is 16.3. The summed E-state index contributed by atoms with van der Waals surface area (Å²) >= 11 is 0. The van der Waals surface area contributed by atoms with Crippen LogP contribution in [0.15, 0.2) is 64.0 Å². The molecule has 1 aromatic carbocycles. The monoisotopic (exact) mass is 366 g/mol. The third kappa shape index (κ3) is 4.43.